The van der Waals surface area contributed by atoms with Crippen LogP contribution in [0.4, 0.5) is 0 Å². The van der Waals surface area contributed by atoms with Crippen molar-refractivity contribution < 1.29 is 57.8 Å². The molecule has 0 saturated carbocycles. The molecule has 7 atom stereocenters. The van der Waals surface area contributed by atoms with Crippen LogP contribution in [0, 0.1) is 13.8 Å². The highest BCUT2D eigenvalue weighted by Gasteiger charge is 2.60. The first kappa shape index (κ1) is 41.5. The Balaban J connectivity index is 1.11. The fraction of sp³-hybridized carbons (Fsp3) is 0.426. The predicted octanol–water partition coefficient (Wildman–Crippen LogP) is 4.90. The highest BCUT2D eigenvalue weighted by Crippen LogP contribution is 2.63. The van der Waals surface area contributed by atoms with E-state index in [0.29, 0.717) is 76.6 Å². The van der Waals surface area contributed by atoms with Crippen LogP contribution in [0.15, 0.2) is 48.5 Å². The van der Waals surface area contributed by atoms with Crippen molar-refractivity contribution in [2.24, 2.45) is 0 Å². The van der Waals surface area contributed by atoms with Crippen LogP contribution >= 0.6 is 11.8 Å². The van der Waals surface area contributed by atoms with Crippen molar-refractivity contribution in [3.8, 4) is 40.2 Å². The molecule has 0 aliphatic carbocycles. The van der Waals surface area contributed by atoms with Crippen LogP contribution in [-0.4, -0.2) is 91.2 Å². The number of phenolic OH excluding ortho intramolecular Hbond substituents is 1. The Bertz CT molecular complexity index is 2550. The van der Waals surface area contributed by atoms with Gasteiger partial charge in [0.15, 0.2) is 40.0 Å². The lowest BCUT2D eigenvalue weighted by Gasteiger charge is -2.59. The highest BCUT2D eigenvalue weighted by atomic mass is 32.2. The van der Waals surface area contributed by atoms with Crippen LogP contribution < -0.4 is 39.1 Å². The number of nitrogens with one attached hydrogen (secondary N) is 2. The van der Waals surface area contributed by atoms with E-state index in [1.54, 1.807) is 12.1 Å². The summed E-state index contributed by atoms with van der Waals surface area (Å²) in [6, 6.07) is 12.8. The minimum atomic E-state index is -1.42. The number of benzene rings is 4. The van der Waals surface area contributed by atoms with Crippen molar-refractivity contribution >= 4 is 29.7 Å². The minimum absolute atomic E-state index is 0.00879. The number of thioether (sulfide) groups is 1. The number of ether oxygens (including phenoxy) is 7. The second kappa shape index (κ2) is 15.9. The number of carbonyl (C=O) groups excluding carboxylic acids is 3. The van der Waals surface area contributed by atoms with Gasteiger partial charge in [-0.05, 0) is 73.1 Å². The second-order valence-electron chi connectivity index (χ2n) is 16.9. The summed E-state index contributed by atoms with van der Waals surface area (Å²) < 4.78 is 42.3. The maximum atomic E-state index is 15.0. The smallest absolute Gasteiger partial charge is 0.331 e. The Morgan fingerprint density at radius 3 is 2.51 bits per heavy atom. The quantitative estimate of drug-likeness (QED) is 0.145. The van der Waals surface area contributed by atoms with Gasteiger partial charge in [0.25, 0.3) is 0 Å². The van der Waals surface area contributed by atoms with E-state index in [-0.39, 0.29) is 42.8 Å². The van der Waals surface area contributed by atoms with E-state index in [0.717, 1.165) is 22.3 Å². The largest absolute Gasteiger partial charge is 0.504 e. The Labute approximate surface area is 368 Å². The Kier molecular flexibility index (Phi) is 10.5. The van der Waals surface area contributed by atoms with Gasteiger partial charge in [-0.2, -0.15) is 0 Å². The monoisotopic (exact) mass is 879 g/mol. The van der Waals surface area contributed by atoms with Crippen LogP contribution in [0.2, 0.25) is 0 Å². The topological polar surface area (TPSA) is 184 Å². The van der Waals surface area contributed by atoms with Gasteiger partial charge in [-0.3, -0.25) is 19.8 Å². The molecule has 4 N–H and O–H groups in total. The van der Waals surface area contributed by atoms with Gasteiger partial charge in [-0.1, -0.05) is 36.4 Å². The molecule has 0 aromatic heterocycles. The van der Waals surface area contributed by atoms with Crippen LogP contribution in [0.1, 0.15) is 80.7 Å². The molecule has 0 radical (unpaired) electrons. The highest BCUT2D eigenvalue weighted by molar-refractivity contribution is 7.99. The first-order valence-electron chi connectivity index (χ1n) is 21.2. The zero-order valence-corrected chi connectivity index (χ0v) is 36.4. The standard InChI is InChI=1S/C47H49N3O12S/c1-22-15-27-16-29-45(54)50-30-19-58-46(55)47(28-18-31(56-4)32(17-26(28)13-14-48-47)62-33(52)12-11-25-9-7-6-8-10-25)20-63-44(38(50)37(49-29)34(27)39(53)40(22)57-5)36-35(30)43-42(59-21-60-43)23(2)41(36)61-24(3)51/h6-10,15,17-18,29-30,37-38,44-45,48-49,53-54H,11-14,16,19-21H2,1-5H3/t29-,30-,37+,38?,44+,45-,47+/m0/s1. The van der Waals surface area contributed by atoms with Gasteiger partial charge in [-0.15, -0.1) is 11.8 Å². The van der Waals surface area contributed by atoms with E-state index < -0.39 is 59.1 Å². The maximum absolute atomic E-state index is 15.0. The molecular weight excluding hydrogens is 831 g/mol. The van der Waals surface area contributed by atoms with Crippen LogP contribution in [0.25, 0.3) is 0 Å². The molecule has 4 aromatic carbocycles. The molecule has 4 bridgehead atoms. The van der Waals surface area contributed by atoms with Crippen molar-refractivity contribution in [3.63, 3.8) is 0 Å². The molecular formula is C47H49N3O12S. The molecule has 1 unspecified atom stereocenters. The number of fused-ring (bicyclic) bond motifs is 9. The third kappa shape index (κ3) is 6.59. The zero-order valence-electron chi connectivity index (χ0n) is 35.6. The number of hydrogen-bond donors (Lipinski definition) is 4. The number of aromatic hydroxyl groups is 1. The van der Waals surface area contributed by atoms with Gasteiger partial charge in [0.05, 0.1) is 37.6 Å². The number of nitrogens with zero attached hydrogens (tertiary/aromatic N) is 1. The first-order valence-corrected chi connectivity index (χ1v) is 22.2. The van der Waals surface area contributed by atoms with Crippen molar-refractivity contribution in [2.45, 2.75) is 87.6 Å². The fourth-order valence-corrected chi connectivity index (χ4v) is 12.4. The molecule has 16 heteroatoms. The molecule has 7 aliphatic rings. The number of carbonyl (C=O) groups is 3. The second-order valence-corrected chi connectivity index (χ2v) is 18.1. The van der Waals surface area contributed by atoms with Gasteiger partial charge in [0.2, 0.25) is 6.79 Å². The summed E-state index contributed by atoms with van der Waals surface area (Å²) in [4.78, 5) is 43.2. The third-order valence-corrected chi connectivity index (χ3v) is 14.9. The van der Waals surface area contributed by atoms with Gasteiger partial charge < -0.3 is 48.7 Å². The third-order valence-electron chi connectivity index (χ3n) is 13.4. The molecule has 4 aromatic rings. The number of rotatable bonds is 7. The molecule has 330 valence electrons. The first-order chi connectivity index (χ1) is 30.4. The lowest BCUT2D eigenvalue weighted by Crippen LogP contribution is -2.69. The lowest BCUT2D eigenvalue weighted by molar-refractivity contribution is -0.164. The molecule has 63 heavy (non-hydrogen) atoms. The average Bonchev–Trinajstić information content (AvgIpc) is 3.77. The van der Waals surface area contributed by atoms with Gasteiger partial charge in [0.1, 0.15) is 18.6 Å². The molecule has 11 rings (SSSR count). The van der Waals surface area contributed by atoms with Crippen molar-refractivity contribution in [2.75, 3.05) is 39.9 Å². The van der Waals surface area contributed by atoms with Gasteiger partial charge in [-0.25, -0.2) is 4.79 Å². The predicted molar refractivity (Wildman–Crippen MR) is 229 cm³/mol. The summed E-state index contributed by atoms with van der Waals surface area (Å²) in [5, 5.41) is 31.1. The Morgan fingerprint density at radius 1 is 0.952 bits per heavy atom. The molecule has 2 saturated heterocycles. The number of methoxy groups -OCH3 is 2. The van der Waals surface area contributed by atoms with E-state index in [2.05, 4.69) is 10.6 Å². The summed E-state index contributed by atoms with van der Waals surface area (Å²) in [5.74, 6) is 0.675. The Hall–Kier alpha value is -5.52. The fourth-order valence-electron chi connectivity index (χ4n) is 10.7. The van der Waals surface area contributed by atoms with E-state index in [1.807, 2.05) is 55.1 Å². The molecule has 7 aliphatic heterocycles. The van der Waals surface area contributed by atoms with E-state index in [9.17, 15) is 19.8 Å². The van der Waals surface area contributed by atoms with Crippen LogP contribution in [-0.2, 0) is 43.9 Å². The van der Waals surface area contributed by atoms with Crippen LogP contribution in [0.3, 0.4) is 0 Å². The van der Waals surface area contributed by atoms with E-state index in [1.165, 1.54) is 32.9 Å². The van der Waals surface area contributed by atoms with Crippen molar-refractivity contribution in [1.82, 2.24) is 15.5 Å². The number of piperazine rings is 1. The van der Waals surface area contributed by atoms with Gasteiger partial charge in [0, 0.05) is 53.9 Å². The summed E-state index contributed by atoms with van der Waals surface area (Å²) in [6.45, 7) is 5.14. The van der Waals surface area contributed by atoms with Crippen molar-refractivity contribution in [3.05, 3.63) is 98.6 Å². The summed E-state index contributed by atoms with van der Waals surface area (Å²) in [6.07, 6.45) is 0.525. The van der Waals surface area contributed by atoms with Crippen molar-refractivity contribution in [1.29, 1.82) is 0 Å². The zero-order chi connectivity index (χ0) is 43.9. The Morgan fingerprint density at radius 2 is 1.75 bits per heavy atom. The SMILES string of the molecule is COc1cc2c(cc1OC(=O)CCc1ccccc1)CCN[C@]21CS[C@@H]2c3c(OC(C)=O)c(C)c4c(c3[C@H](COC1=O)N1C2[C@@H]2N[C@@H](Cc3cc(C)c(OC)c(O)c32)[C@@H]1O)OCO4. The molecule has 2 fully saturated rings. The minimum Gasteiger partial charge on any atom is -0.504 e. The molecule has 0 amide bonds. The summed E-state index contributed by atoms with van der Waals surface area (Å²) in [7, 11) is 3.01. The van der Waals surface area contributed by atoms with Crippen LogP contribution in [0.5, 0.6) is 40.2 Å². The normalized spacial score (nSPS) is 26.4. The van der Waals surface area contributed by atoms with E-state index in [4.69, 9.17) is 33.2 Å². The number of esters is 3. The molecule has 15 nitrogen and oxygen atoms in total. The number of phenols is 1. The number of hydrogen-bond acceptors (Lipinski definition) is 16. The molecule has 7 heterocycles. The number of aliphatic hydroxyl groups is 1. The average molecular weight is 880 g/mol. The molecule has 1 spiro atoms. The summed E-state index contributed by atoms with van der Waals surface area (Å²) >= 11 is 1.44. The number of aryl methyl sites for hydroxylation is 2. The van der Waals surface area contributed by atoms with E-state index >= 15 is 4.79 Å². The lowest BCUT2D eigenvalue weighted by atomic mass is 9.74. The number of aliphatic hydroxyl groups excluding tert-OH is 1. The summed E-state index contributed by atoms with van der Waals surface area (Å²) in [5.41, 5.74) is 5.12. The van der Waals surface area contributed by atoms with Gasteiger partial charge >= 0.3 is 17.9 Å². The maximum Gasteiger partial charge on any atom is 0.331 e.